The van der Waals surface area contributed by atoms with E-state index in [1.165, 1.54) is 19.2 Å². The molecule has 0 bridgehead atoms. The van der Waals surface area contributed by atoms with E-state index in [1.807, 2.05) is 0 Å². The fraction of sp³-hybridized carbons (Fsp3) is 0.273. The smallest absolute Gasteiger partial charge is 0.319 e. The Balaban J connectivity index is 2.53. The van der Waals surface area contributed by atoms with E-state index >= 15 is 0 Å². The second-order valence-electron chi connectivity index (χ2n) is 3.46. The van der Waals surface area contributed by atoms with E-state index in [1.54, 1.807) is 13.0 Å². The van der Waals surface area contributed by atoms with Crippen molar-refractivity contribution in [2.24, 2.45) is 0 Å². The molecule has 5 nitrogen and oxygen atoms in total. The van der Waals surface area contributed by atoms with Gasteiger partial charge in [0.2, 0.25) is 5.91 Å². The Morgan fingerprint density at radius 2 is 2.06 bits per heavy atom. The zero-order valence-corrected chi connectivity index (χ0v) is 9.63. The fourth-order valence-corrected chi connectivity index (χ4v) is 1.14. The van der Waals surface area contributed by atoms with Gasteiger partial charge in [0.15, 0.2) is 0 Å². The summed E-state index contributed by atoms with van der Waals surface area (Å²) in [5, 5.41) is 6.95. The first kappa shape index (κ1) is 13.0. The zero-order valence-electron chi connectivity index (χ0n) is 9.63. The topological polar surface area (TPSA) is 70.2 Å². The maximum atomic E-state index is 13.4. The average Bonchev–Trinajstić information content (AvgIpc) is 2.29. The predicted molar refractivity (Wildman–Crippen MR) is 62.2 cm³/mol. The van der Waals surface area contributed by atoms with Gasteiger partial charge in [-0.05, 0) is 24.6 Å². The van der Waals surface area contributed by atoms with Gasteiger partial charge in [-0.2, -0.15) is 0 Å². The molecule has 0 aliphatic heterocycles. The van der Waals surface area contributed by atoms with Crippen molar-refractivity contribution in [2.45, 2.75) is 6.92 Å². The molecule has 0 aromatic heterocycles. The molecule has 0 aliphatic rings. The summed E-state index contributed by atoms with van der Waals surface area (Å²) in [4.78, 5) is 22.2. The van der Waals surface area contributed by atoms with E-state index in [0.717, 1.165) is 5.56 Å². The number of nitrogens with one attached hydrogen (secondary N) is 3. The largest absolute Gasteiger partial charge is 0.358 e. The van der Waals surface area contributed by atoms with Gasteiger partial charge >= 0.3 is 6.03 Å². The number of hydrogen-bond donors (Lipinski definition) is 3. The van der Waals surface area contributed by atoms with Crippen molar-refractivity contribution in [1.82, 2.24) is 10.6 Å². The maximum absolute atomic E-state index is 13.4. The molecule has 3 amide bonds. The van der Waals surface area contributed by atoms with Gasteiger partial charge in [0.05, 0.1) is 12.2 Å². The SMILES string of the molecule is CNC(=O)CNC(=O)Nc1ccc(C)cc1F. The fourth-order valence-electron chi connectivity index (χ4n) is 1.14. The number of aryl methyl sites for hydroxylation is 1. The third-order valence-electron chi connectivity index (χ3n) is 2.06. The normalized spacial score (nSPS) is 9.59. The van der Waals surface area contributed by atoms with Gasteiger partial charge < -0.3 is 16.0 Å². The summed E-state index contributed by atoms with van der Waals surface area (Å²) in [7, 11) is 1.46. The minimum atomic E-state index is -0.628. The van der Waals surface area contributed by atoms with E-state index < -0.39 is 11.8 Å². The maximum Gasteiger partial charge on any atom is 0.319 e. The van der Waals surface area contributed by atoms with Crippen LogP contribution in [0.1, 0.15) is 5.56 Å². The molecule has 0 unspecified atom stereocenters. The van der Waals surface area contributed by atoms with Gasteiger partial charge in [-0.25, -0.2) is 9.18 Å². The summed E-state index contributed by atoms with van der Waals surface area (Å²) in [5.74, 6) is -0.843. The third kappa shape index (κ3) is 4.10. The number of carbonyl (C=O) groups is 2. The van der Waals surface area contributed by atoms with Gasteiger partial charge in [-0.3, -0.25) is 4.79 Å². The highest BCUT2D eigenvalue weighted by molar-refractivity contribution is 5.92. The van der Waals surface area contributed by atoms with Crippen LogP contribution in [-0.4, -0.2) is 25.5 Å². The number of carbonyl (C=O) groups excluding carboxylic acids is 2. The molecule has 0 saturated heterocycles. The highest BCUT2D eigenvalue weighted by atomic mass is 19.1. The first-order chi connectivity index (χ1) is 8.02. The van der Waals surface area contributed by atoms with E-state index in [-0.39, 0.29) is 18.1 Å². The molecule has 0 atom stereocenters. The van der Waals surface area contributed by atoms with Crippen molar-refractivity contribution in [3.63, 3.8) is 0 Å². The Morgan fingerprint density at radius 3 is 2.65 bits per heavy atom. The molecule has 3 N–H and O–H groups in total. The van der Waals surface area contributed by atoms with Crippen LogP contribution in [0.5, 0.6) is 0 Å². The summed E-state index contributed by atoms with van der Waals surface area (Å²) >= 11 is 0. The Kier molecular flexibility index (Phi) is 4.45. The van der Waals surface area contributed by atoms with Crippen molar-refractivity contribution in [1.29, 1.82) is 0 Å². The van der Waals surface area contributed by atoms with Crippen LogP contribution >= 0.6 is 0 Å². The van der Waals surface area contributed by atoms with Gasteiger partial charge in [0.1, 0.15) is 5.82 Å². The van der Waals surface area contributed by atoms with Gasteiger partial charge in [-0.15, -0.1) is 0 Å². The van der Waals surface area contributed by atoms with Crippen LogP contribution < -0.4 is 16.0 Å². The Morgan fingerprint density at radius 1 is 1.35 bits per heavy atom. The molecule has 0 radical (unpaired) electrons. The van der Waals surface area contributed by atoms with Crippen LogP contribution in [0.25, 0.3) is 0 Å². The molecule has 0 heterocycles. The number of hydrogen-bond acceptors (Lipinski definition) is 2. The first-order valence-corrected chi connectivity index (χ1v) is 5.04. The van der Waals surface area contributed by atoms with Crippen LogP contribution in [0.15, 0.2) is 18.2 Å². The molecular formula is C11H14FN3O2. The molecule has 1 rings (SSSR count). The lowest BCUT2D eigenvalue weighted by atomic mass is 10.2. The molecule has 0 fully saturated rings. The van der Waals surface area contributed by atoms with Crippen molar-refractivity contribution >= 4 is 17.6 Å². The van der Waals surface area contributed by atoms with Crippen molar-refractivity contribution in [3.05, 3.63) is 29.6 Å². The molecule has 6 heteroatoms. The highest BCUT2D eigenvalue weighted by Gasteiger charge is 2.07. The van der Waals surface area contributed by atoms with E-state index in [4.69, 9.17) is 0 Å². The van der Waals surface area contributed by atoms with Crippen LogP contribution in [-0.2, 0) is 4.79 Å². The van der Waals surface area contributed by atoms with Crippen LogP contribution in [0.3, 0.4) is 0 Å². The first-order valence-electron chi connectivity index (χ1n) is 5.04. The number of benzene rings is 1. The summed E-state index contributed by atoms with van der Waals surface area (Å²) in [5.41, 5.74) is 0.837. The molecule has 0 aliphatic carbocycles. The number of amides is 3. The number of urea groups is 1. The predicted octanol–water partition coefficient (Wildman–Crippen LogP) is 1.00. The molecule has 1 aromatic carbocycles. The molecular weight excluding hydrogens is 225 g/mol. The van der Waals surface area contributed by atoms with Crippen LogP contribution in [0, 0.1) is 12.7 Å². The molecule has 0 saturated carbocycles. The minimum absolute atomic E-state index is 0.0741. The molecule has 92 valence electrons. The Hall–Kier alpha value is -2.11. The van der Waals surface area contributed by atoms with Crippen molar-refractivity contribution in [2.75, 3.05) is 18.9 Å². The van der Waals surface area contributed by atoms with Crippen molar-refractivity contribution in [3.8, 4) is 0 Å². The zero-order chi connectivity index (χ0) is 12.8. The lowest BCUT2D eigenvalue weighted by molar-refractivity contribution is -0.119. The number of rotatable bonds is 3. The standard InChI is InChI=1S/C11H14FN3O2/c1-7-3-4-9(8(12)5-7)15-11(17)14-6-10(16)13-2/h3-5H,6H2,1-2H3,(H,13,16)(H2,14,15,17). The number of anilines is 1. The summed E-state index contributed by atoms with van der Waals surface area (Å²) in [6.07, 6.45) is 0. The lowest BCUT2D eigenvalue weighted by Gasteiger charge is -2.08. The number of likely N-dealkylation sites (N-methyl/N-ethyl adjacent to an activating group) is 1. The molecule has 0 spiro atoms. The third-order valence-corrected chi connectivity index (χ3v) is 2.06. The van der Waals surface area contributed by atoms with Gasteiger partial charge in [0.25, 0.3) is 0 Å². The molecule has 1 aromatic rings. The average molecular weight is 239 g/mol. The van der Waals surface area contributed by atoms with Crippen LogP contribution in [0.2, 0.25) is 0 Å². The summed E-state index contributed by atoms with van der Waals surface area (Å²) in [6, 6.07) is 3.83. The summed E-state index contributed by atoms with van der Waals surface area (Å²) < 4.78 is 13.4. The summed E-state index contributed by atoms with van der Waals surface area (Å²) in [6.45, 7) is 1.59. The van der Waals surface area contributed by atoms with E-state index in [9.17, 15) is 14.0 Å². The number of halogens is 1. The monoisotopic (exact) mass is 239 g/mol. The van der Waals surface area contributed by atoms with Gasteiger partial charge in [-0.1, -0.05) is 6.07 Å². The minimum Gasteiger partial charge on any atom is -0.358 e. The lowest BCUT2D eigenvalue weighted by Crippen LogP contribution is -2.37. The quantitative estimate of drug-likeness (QED) is 0.736. The second-order valence-corrected chi connectivity index (χ2v) is 3.46. The molecule has 17 heavy (non-hydrogen) atoms. The van der Waals surface area contributed by atoms with E-state index in [2.05, 4.69) is 16.0 Å². The highest BCUT2D eigenvalue weighted by Crippen LogP contribution is 2.14. The van der Waals surface area contributed by atoms with Crippen LogP contribution in [0.4, 0.5) is 14.9 Å². The Labute approximate surface area is 98.4 Å². The second kappa shape index (κ2) is 5.83. The Bertz CT molecular complexity index is 435. The van der Waals surface area contributed by atoms with E-state index in [0.29, 0.717) is 0 Å². The van der Waals surface area contributed by atoms with Crippen molar-refractivity contribution < 1.29 is 14.0 Å². The van der Waals surface area contributed by atoms with Gasteiger partial charge in [0, 0.05) is 7.05 Å².